The summed E-state index contributed by atoms with van der Waals surface area (Å²) >= 11 is 0. The van der Waals surface area contributed by atoms with Gasteiger partial charge in [-0.1, -0.05) is 38.1 Å². The molecule has 0 saturated heterocycles. The van der Waals surface area contributed by atoms with Crippen molar-refractivity contribution in [1.82, 2.24) is 0 Å². The van der Waals surface area contributed by atoms with Crippen molar-refractivity contribution in [2.45, 2.75) is 51.8 Å². The predicted molar refractivity (Wildman–Crippen MR) is 127 cm³/mol. The van der Waals surface area contributed by atoms with Crippen LogP contribution in [0, 0.1) is 17.2 Å². The molecule has 0 radical (unpaired) electrons. The van der Waals surface area contributed by atoms with Crippen LogP contribution in [-0.4, -0.2) is 30.5 Å². The Morgan fingerprint density at radius 2 is 1.64 bits per heavy atom. The number of fused-ring (bicyclic) bond motifs is 1. The van der Waals surface area contributed by atoms with Crippen molar-refractivity contribution in [1.29, 1.82) is 0 Å². The number of halogens is 4. The number of hydrogen-bond acceptors (Lipinski definition) is 4. The molecule has 8 heteroatoms. The van der Waals surface area contributed by atoms with Crippen molar-refractivity contribution in [2.75, 3.05) is 7.11 Å². The fraction of sp³-hybridized carbons (Fsp3) is 0.393. The second-order valence-corrected chi connectivity index (χ2v) is 10.2. The second-order valence-electron chi connectivity index (χ2n) is 10.2. The molecule has 0 spiro atoms. The van der Waals surface area contributed by atoms with E-state index in [0.717, 1.165) is 24.3 Å². The van der Waals surface area contributed by atoms with Gasteiger partial charge in [-0.2, -0.15) is 13.2 Å². The van der Waals surface area contributed by atoms with Crippen molar-refractivity contribution in [3.8, 4) is 0 Å². The molecule has 3 atom stereocenters. The third kappa shape index (κ3) is 4.91. The number of nitrogens with zero attached hydrogens (tertiary/aromatic N) is 1. The molecule has 2 aromatic carbocycles. The maximum atomic E-state index is 13.9. The van der Waals surface area contributed by atoms with E-state index < -0.39 is 41.3 Å². The number of hydrogen-bond donors (Lipinski definition) is 0. The summed E-state index contributed by atoms with van der Waals surface area (Å²) in [4.78, 5) is 32.1. The molecule has 36 heavy (non-hydrogen) atoms. The first-order chi connectivity index (χ1) is 16.8. The minimum atomic E-state index is -4.54. The Hall–Kier alpha value is -3.13. The van der Waals surface area contributed by atoms with E-state index in [9.17, 15) is 27.2 Å². The monoisotopic (exact) mass is 501 g/mol. The molecule has 2 aromatic rings. The van der Waals surface area contributed by atoms with Gasteiger partial charge in [-0.3, -0.25) is 14.6 Å². The standard InChI is InChI=1S/C28H27F4NO3/c1-15(36-4)25-24(26(35)17-5-9-18(10-6-17)28(30,31)32)22(16-7-11-19(29)12-8-16)23-20(33-25)13-27(2,3)14-21(23)34/h5-12,15,22-23H,13-14H2,1-4H3. The molecule has 1 heterocycles. The van der Waals surface area contributed by atoms with Crippen LogP contribution in [0.3, 0.4) is 0 Å². The molecule has 1 aliphatic heterocycles. The van der Waals surface area contributed by atoms with Gasteiger partial charge in [0.15, 0.2) is 5.78 Å². The number of ketones is 2. The van der Waals surface area contributed by atoms with Crippen LogP contribution < -0.4 is 0 Å². The quantitative estimate of drug-likeness (QED) is 0.344. The van der Waals surface area contributed by atoms with Crippen LogP contribution in [0.4, 0.5) is 17.6 Å². The molecule has 1 fully saturated rings. The number of methoxy groups -OCH3 is 1. The smallest absolute Gasteiger partial charge is 0.375 e. The zero-order valence-electron chi connectivity index (χ0n) is 20.4. The van der Waals surface area contributed by atoms with Crippen LogP contribution in [0.1, 0.15) is 61.0 Å². The summed E-state index contributed by atoms with van der Waals surface area (Å²) < 4.78 is 58.6. The largest absolute Gasteiger partial charge is 0.416 e. The van der Waals surface area contributed by atoms with E-state index in [4.69, 9.17) is 9.73 Å². The lowest BCUT2D eigenvalue weighted by molar-refractivity contribution is -0.137. The summed E-state index contributed by atoms with van der Waals surface area (Å²) in [5.74, 6) is -2.60. The zero-order chi connectivity index (χ0) is 26.4. The SMILES string of the molecule is COC(C)C1=C(C(=O)c2ccc(C(F)(F)F)cc2)C(c2ccc(F)cc2)C2C(=O)CC(C)(C)CC2=N1. The summed E-state index contributed by atoms with van der Waals surface area (Å²) in [6.45, 7) is 5.67. The van der Waals surface area contributed by atoms with E-state index in [0.29, 0.717) is 23.4 Å². The molecule has 3 unspecified atom stereocenters. The lowest BCUT2D eigenvalue weighted by atomic mass is 9.62. The minimum absolute atomic E-state index is 0.0353. The summed E-state index contributed by atoms with van der Waals surface area (Å²) in [6, 6.07) is 9.54. The number of carbonyl (C=O) groups is 2. The van der Waals surface area contributed by atoms with E-state index in [-0.39, 0.29) is 28.8 Å². The van der Waals surface area contributed by atoms with Gasteiger partial charge >= 0.3 is 6.18 Å². The average molecular weight is 502 g/mol. The van der Waals surface area contributed by atoms with E-state index in [1.54, 1.807) is 6.92 Å². The van der Waals surface area contributed by atoms with Gasteiger partial charge in [0.25, 0.3) is 0 Å². The average Bonchev–Trinajstić information content (AvgIpc) is 2.81. The number of Topliss-reactive ketones (excluding diaryl/α,β-unsaturated/α-hetero) is 2. The molecule has 2 aliphatic rings. The molecule has 4 nitrogen and oxygen atoms in total. The Bertz CT molecular complexity index is 1240. The predicted octanol–water partition coefficient (Wildman–Crippen LogP) is 6.56. The minimum Gasteiger partial charge on any atom is -0.375 e. The summed E-state index contributed by atoms with van der Waals surface area (Å²) in [5, 5.41) is 0. The van der Waals surface area contributed by atoms with Crippen LogP contribution in [0.5, 0.6) is 0 Å². The highest BCUT2D eigenvalue weighted by atomic mass is 19.4. The first-order valence-corrected chi connectivity index (χ1v) is 11.7. The number of allylic oxidation sites excluding steroid dienone is 1. The van der Waals surface area contributed by atoms with Crippen LogP contribution in [0.25, 0.3) is 0 Å². The molecule has 4 rings (SSSR count). The Morgan fingerprint density at radius 1 is 1.03 bits per heavy atom. The van der Waals surface area contributed by atoms with Gasteiger partial charge in [-0.05, 0) is 48.6 Å². The molecule has 0 aromatic heterocycles. The van der Waals surface area contributed by atoms with Gasteiger partial charge in [0.1, 0.15) is 11.6 Å². The van der Waals surface area contributed by atoms with Gasteiger partial charge in [-0.15, -0.1) is 0 Å². The third-order valence-electron chi connectivity index (χ3n) is 6.89. The van der Waals surface area contributed by atoms with Gasteiger partial charge in [-0.25, -0.2) is 4.39 Å². The molecular formula is C28H27F4NO3. The van der Waals surface area contributed by atoms with Gasteiger partial charge < -0.3 is 4.74 Å². The second kappa shape index (κ2) is 9.39. The van der Waals surface area contributed by atoms with Crippen molar-refractivity contribution < 1.29 is 31.9 Å². The highest BCUT2D eigenvalue weighted by Crippen LogP contribution is 2.48. The number of rotatable bonds is 5. The zero-order valence-corrected chi connectivity index (χ0v) is 20.4. The summed E-state index contributed by atoms with van der Waals surface area (Å²) in [7, 11) is 1.47. The Morgan fingerprint density at radius 3 is 2.19 bits per heavy atom. The highest BCUT2D eigenvalue weighted by molar-refractivity contribution is 6.16. The van der Waals surface area contributed by atoms with Gasteiger partial charge in [0.05, 0.1) is 23.3 Å². The topological polar surface area (TPSA) is 55.7 Å². The van der Waals surface area contributed by atoms with Crippen LogP contribution in [0.15, 0.2) is 64.8 Å². The molecular weight excluding hydrogens is 474 g/mol. The highest BCUT2D eigenvalue weighted by Gasteiger charge is 2.48. The molecule has 1 saturated carbocycles. The van der Waals surface area contributed by atoms with E-state index in [1.807, 2.05) is 13.8 Å². The van der Waals surface area contributed by atoms with Crippen LogP contribution in [-0.2, 0) is 15.7 Å². The van der Waals surface area contributed by atoms with Gasteiger partial charge in [0.2, 0.25) is 0 Å². The molecule has 0 N–H and O–H groups in total. The third-order valence-corrected chi connectivity index (χ3v) is 6.89. The van der Waals surface area contributed by atoms with E-state index in [2.05, 4.69) is 0 Å². The van der Waals surface area contributed by atoms with Crippen molar-refractivity contribution >= 4 is 17.3 Å². The first-order valence-electron chi connectivity index (χ1n) is 11.7. The normalized spacial score (nSPS) is 22.7. The number of alkyl halides is 3. The maximum absolute atomic E-state index is 13.9. The fourth-order valence-corrected chi connectivity index (χ4v) is 5.13. The molecule has 1 aliphatic carbocycles. The number of aliphatic imine (C=N–C) groups is 1. The maximum Gasteiger partial charge on any atom is 0.416 e. The lowest BCUT2D eigenvalue weighted by Crippen LogP contribution is -2.44. The van der Waals surface area contributed by atoms with Crippen LogP contribution in [0.2, 0.25) is 0 Å². The molecule has 190 valence electrons. The molecule has 0 amide bonds. The number of carbonyl (C=O) groups excluding carboxylic acids is 2. The molecule has 0 bridgehead atoms. The van der Waals surface area contributed by atoms with Crippen molar-refractivity contribution in [2.24, 2.45) is 16.3 Å². The fourth-order valence-electron chi connectivity index (χ4n) is 5.13. The Kier molecular flexibility index (Phi) is 6.77. The first kappa shape index (κ1) is 25.9. The Labute approximate surface area is 207 Å². The Balaban J connectivity index is 1.94. The lowest BCUT2D eigenvalue weighted by Gasteiger charge is -2.42. The van der Waals surface area contributed by atoms with Crippen molar-refractivity contribution in [3.63, 3.8) is 0 Å². The van der Waals surface area contributed by atoms with Crippen LogP contribution >= 0.6 is 0 Å². The number of ether oxygens (including phenoxy) is 1. The number of benzene rings is 2. The van der Waals surface area contributed by atoms with E-state index >= 15 is 0 Å². The summed E-state index contributed by atoms with van der Waals surface area (Å²) in [5.41, 5.74) is 0.531. The van der Waals surface area contributed by atoms with Crippen molar-refractivity contribution in [3.05, 3.63) is 82.3 Å². The summed E-state index contributed by atoms with van der Waals surface area (Å²) in [6.07, 6.45) is -4.36. The van der Waals surface area contributed by atoms with E-state index in [1.165, 1.54) is 31.4 Å². The van der Waals surface area contributed by atoms with Gasteiger partial charge in [0, 0.05) is 36.3 Å².